The zero-order valence-electron chi connectivity index (χ0n) is 19.9. The van der Waals surface area contributed by atoms with Gasteiger partial charge in [-0.25, -0.2) is 9.37 Å². The Labute approximate surface area is 214 Å². The molecule has 38 heavy (non-hydrogen) atoms. The first-order valence-electron chi connectivity index (χ1n) is 11.5. The topological polar surface area (TPSA) is 79.5 Å². The lowest BCUT2D eigenvalue weighted by Crippen LogP contribution is -2.18. The molecule has 2 N–H and O–H groups in total. The van der Waals surface area contributed by atoms with Crippen LogP contribution in [0.25, 0.3) is 28.0 Å². The number of carbonyl (C=O) groups is 1. The Morgan fingerprint density at radius 3 is 2.39 bits per heavy atom. The number of aliphatic hydroxyl groups is 1. The second-order valence-electron chi connectivity index (χ2n) is 8.57. The van der Waals surface area contributed by atoms with Crippen LogP contribution < -0.4 is 5.32 Å². The summed E-state index contributed by atoms with van der Waals surface area (Å²) < 4.78 is 57.9. The van der Waals surface area contributed by atoms with Gasteiger partial charge in [0.15, 0.2) is 5.65 Å². The average Bonchev–Trinajstić information content (AvgIpc) is 3.34. The number of fused-ring (bicyclic) bond motifs is 1. The number of alkyl halides is 3. The van der Waals surface area contributed by atoms with Gasteiger partial charge in [-0.2, -0.15) is 13.2 Å². The average molecular weight is 520 g/mol. The van der Waals surface area contributed by atoms with Crippen LogP contribution in [0, 0.1) is 5.82 Å². The Hall–Kier alpha value is -4.57. The molecule has 6 nitrogen and oxygen atoms in total. The van der Waals surface area contributed by atoms with E-state index in [9.17, 15) is 23.1 Å². The third kappa shape index (κ3) is 4.61. The number of aromatic nitrogens is 3. The molecule has 1 atom stereocenters. The van der Waals surface area contributed by atoms with Gasteiger partial charge in [0.25, 0.3) is 5.91 Å². The van der Waals surface area contributed by atoms with Crippen LogP contribution in [0.2, 0.25) is 0 Å². The number of nitrogens with zero attached hydrogens (tertiary/aromatic N) is 3. The van der Waals surface area contributed by atoms with Gasteiger partial charge < -0.3 is 10.4 Å². The van der Waals surface area contributed by atoms with E-state index in [1.807, 2.05) is 6.07 Å². The highest BCUT2D eigenvalue weighted by Gasteiger charge is 2.36. The molecule has 0 bridgehead atoms. The molecule has 0 fully saturated rings. The number of hydrogen-bond donors (Lipinski definition) is 2. The van der Waals surface area contributed by atoms with Crippen molar-refractivity contribution in [2.24, 2.45) is 0 Å². The number of aliphatic hydroxyl groups excluding tert-OH is 1. The quantitative estimate of drug-likeness (QED) is 0.259. The highest BCUT2D eigenvalue weighted by molar-refractivity contribution is 6.09. The molecule has 1 unspecified atom stereocenters. The summed E-state index contributed by atoms with van der Waals surface area (Å²) in [6, 6.07) is 16.3. The summed E-state index contributed by atoms with van der Waals surface area (Å²) in [5, 5.41) is 12.8. The molecular weight excluding hydrogens is 500 g/mol. The smallest absolute Gasteiger partial charge is 0.387 e. The van der Waals surface area contributed by atoms with Crippen LogP contribution >= 0.6 is 0 Å². The van der Waals surface area contributed by atoms with E-state index >= 15 is 4.39 Å². The number of pyridine rings is 2. The summed E-state index contributed by atoms with van der Waals surface area (Å²) in [6.07, 6.45) is -1.31. The van der Waals surface area contributed by atoms with Crippen molar-refractivity contribution in [2.45, 2.75) is 19.2 Å². The van der Waals surface area contributed by atoms with Crippen LogP contribution in [0.3, 0.4) is 0 Å². The Kier molecular flexibility index (Phi) is 6.41. The number of nitrogens with one attached hydrogen (secondary N) is 1. The highest BCUT2D eigenvalue weighted by Crippen LogP contribution is 2.39. The summed E-state index contributed by atoms with van der Waals surface area (Å²) in [7, 11) is 0. The van der Waals surface area contributed by atoms with E-state index in [1.165, 1.54) is 30.6 Å². The van der Waals surface area contributed by atoms with Gasteiger partial charge >= 0.3 is 6.18 Å². The highest BCUT2D eigenvalue weighted by atomic mass is 19.4. The van der Waals surface area contributed by atoms with Crippen LogP contribution in [0.5, 0.6) is 0 Å². The Morgan fingerprint density at radius 1 is 1.00 bits per heavy atom. The Bertz CT molecular complexity index is 1630. The number of imidazole rings is 1. The fourth-order valence-electron chi connectivity index (χ4n) is 4.26. The fourth-order valence-corrected chi connectivity index (χ4v) is 4.26. The minimum Gasteiger partial charge on any atom is -0.387 e. The monoisotopic (exact) mass is 520 g/mol. The molecule has 5 rings (SSSR count). The molecule has 0 aliphatic rings. The van der Waals surface area contributed by atoms with Crippen molar-refractivity contribution in [1.29, 1.82) is 0 Å². The number of carbonyl (C=O) groups excluding carboxylic acids is 1. The second kappa shape index (κ2) is 9.71. The molecule has 0 radical (unpaired) electrons. The van der Waals surface area contributed by atoms with E-state index in [0.29, 0.717) is 22.9 Å². The molecule has 3 heterocycles. The summed E-state index contributed by atoms with van der Waals surface area (Å²) in [6.45, 7) is 1.56. The molecule has 1 amide bonds. The molecule has 0 saturated heterocycles. The van der Waals surface area contributed by atoms with E-state index in [0.717, 1.165) is 6.07 Å². The Morgan fingerprint density at radius 2 is 1.74 bits per heavy atom. The van der Waals surface area contributed by atoms with Gasteiger partial charge in [-0.15, -0.1) is 0 Å². The lowest BCUT2D eigenvalue weighted by Gasteiger charge is -2.17. The molecule has 0 aliphatic heterocycles. The summed E-state index contributed by atoms with van der Waals surface area (Å²) in [4.78, 5) is 21.7. The lowest BCUT2D eigenvalue weighted by atomic mass is 9.99. The largest absolute Gasteiger partial charge is 0.417 e. The molecule has 10 heteroatoms. The van der Waals surface area contributed by atoms with Gasteiger partial charge in [0.1, 0.15) is 5.82 Å². The maximum atomic E-state index is 15.0. The van der Waals surface area contributed by atoms with Crippen molar-refractivity contribution in [3.05, 3.63) is 108 Å². The van der Waals surface area contributed by atoms with Crippen LogP contribution in [0.4, 0.5) is 23.2 Å². The molecule has 192 valence electrons. The first kappa shape index (κ1) is 25.1. The maximum absolute atomic E-state index is 15.0. The van der Waals surface area contributed by atoms with Crippen LogP contribution in [-0.4, -0.2) is 25.4 Å². The van der Waals surface area contributed by atoms with Gasteiger partial charge in [0.05, 0.1) is 40.5 Å². The maximum Gasteiger partial charge on any atom is 0.417 e. The minimum absolute atomic E-state index is 0.0595. The number of rotatable bonds is 5. The molecule has 0 aliphatic carbocycles. The number of halogens is 4. The van der Waals surface area contributed by atoms with E-state index in [-0.39, 0.29) is 17.0 Å². The van der Waals surface area contributed by atoms with Crippen molar-refractivity contribution in [3.63, 3.8) is 0 Å². The lowest BCUT2D eigenvalue weighted by molar-refractivity contribution is -0.137. The van der Waals surface area contributed by atoms with Crippen molar-refractivity contribution >= 4 is 17.2 Å². The number of benzene rings is 2. The second-order valence-corrected chi connectivity index (χ2v) is 8.57. The normalized spacial score (nSPS) is 12.5. The van der Waals surface area contributed by atoms with Gasteiger partial charge in [-0.3, -0.25) is 14.2 Å². The van der Waals surface area contributed by atoms with Crippen molar-refractivity contribution in [3.8, 4) is 22.4 Å². The third-order valence-corrected chi connectivity index (χ3v) is 6.06. The van der Waals surface area contributed by atoms with E-state index in [2.05, 4.69) is 15.3 Å². The Balaban J connectivity index is 1.66. The number of amides is 1. The summed E-state index contributed by atoms with van der Waals surface area (Å²) >= 11 is 0. The predicted octanol–water partition coefficient (Wildman–Crippen LogP) is 6.53. The van der Waals surface area contributed by atoms with Crippen LogP contribution in [0.15, 0.2) is 85.3 Å². The van der Waals surface area contributed by atoms with Gasteiger partial charge in [-0.1, -0.05) is 36.4 Å². The van der Waals surface area contributed by atoms with E-state index < -0.39 is 40.7 Å². The van der Waals surface area contributed by atoms with E-state index in [1.54, 1.807) is 47.9 Å². The molecule has 5 aromatic rings. The molecule has 0 spiro atoms. The van der Waals surface area contributed by atoms with Crippen molar-refractivity contribution in [1.82, 2.24) is 14.4 Å². The van der Waals surface area contributed by atoms with Crippen LogP contribution in [0.1, 0.15) is 34.6 Å². The SMILES string of the molecule is CC(O)c1cnc2c(NC(=O)c3cc(-c4ccccn4)c(C(F)(F)F)cc3F)c(-c3ccccc3)ccn12. The third-order valence-electron chi connectivity index (χ3n) is 6.06. The molecule has 2 aromatic carbocycles. The van der Waals surface area contributed by atoms with Crippen molar-refractivity contribution < 1.29 is 27.5 Å². The fraction of sp³-hybridized carbons (Fsp3) is 0.107. The van der Waals surface area contributed by atoms with E-state index in [4.69, 9.17) is 0 Å². The summed E-state index contributed by atoms with van der Waals surface area (Å²) in [5.74, 6) is -2.31. The van der Waals surface area contributed by atoms with Gasteiger partial charge in [-0.05, 0) is 42.8 Å². The van der Waals surface area contributed by atoms with Crippen molar-refractivity contribution in [2.75, 3.05) is 5.32 Å². The van der Waals surface area contributed by atoms with Gasteiger partial charge in [0, 0.05) is 23.5 Å². The zero-order chi connectivity index (χ0) is 27.0. The standard InChI is InChI=1S/C28H20F4N4O2/c1-16(37)24-15-34-26-25(18(10-12-36(24)26)17-7-3-2-4-8-17)35-27(38)20-13-19(23-9-5-6-11-33-23)21(14-22(20)29)28(30,31)32/h2-16,37H,1H3,(H,35,38). The van der Waals surface area contributed by atoms with Gasteiger partial charge in [0.2, 0.25) is 0 Å². The first-order chi connectivity index (χ1) is 18.1. The number of hydrogen-bond acceptors (Lipinski definition) is 4. The predicted molar refractivity (Wildman–Crippen MR) is 134 cm³/mol. The zero-order valence-corrected chi connectivity index (χ0v) is 19.9. The van der Waals surface area contributed by atoms with Crippen LogP contribution in [-0.2, 0) is 6.18 Å². The minimum atomic E-state index is -4.87. The first-order valence-corrected chi connectivity index (χ1v) is 11.5. The molecule has 3 aromatic heterocycles. The number of anilines is 1. The molecular formula is C28H20F4N4O2. The summed E-state index contributed by atoms with van der Waals surface area (Å²) in [5.41, 5.74) is -0.135. The molecule has 0 saturated carbocycles.